The van der Waals surface area contributed by atoms with Crippen LogP contribution < -0.4 is 10.9 Å². The number of carbonyl (C=O) groups excluding carboxylic acids is 2. The third kappa shape index (κ3) is 5.73. The molecule has 0 unspecified atom stereocenters. The lowest BCUT2D eigenvalue weighted by molar-refractivity contribution is -0.119. The maximum absolute atomic E-state index is 12.0. The van der Waals surface area contributed by atoms with Gasteiger partial charge in [-0.15, -0.1) is 11.8 Å². The SMILES string of the molecule is O=C(CSc1ccc(Cl)cc1)NNC(=O)c1cc(Br)ccc1Cl. The highest BCUT2D eigenvalue weighted by Gasteiger charge is 2.12. The fourth-order valence-electron chi connectivity index (χ4n) is 1.58. The average molecular weight is 434 g/mol. The van der Waals surface area contributed by atoms with Crippen LogP contribution in [0.2, 0.25) is 10.0 Å². The molecule has 0 aliphatic heterocycles. The minimum atomic E-state index is -0.485. The first-order valence-electron chi connectivity index (χ1n) is 6.38. The van der Waals surface area contributed by atoms with Gasteiger partial charge in [0.2, 0.25) is 5.91 Å². The van der Waals surface area contributed by atoms with Gasteiger partial charge >= 0.3 is 0 Å². The van der Waals surface area contributed by atoms with E-state index in [1.54, 1.807) is 30.3 Å². The van der Waals surface area contributed by atoms with Crippen molar-refractivity contribution in [2.75, 3.05) is 5.75 Å². The highest BCUT2D eigenvalue weighted by Crippen LogP contribution is 2.21. The first-order valence-corrected chi connectivity index (χ1v) is 8.92. The number of benzene rings is 2. The summed E-state index contributed by atoms with van der Waals surface area (Å²) in [5.41, 5.74) is 4.95. The predicted molar refractivity (Wildman–Crippen MR) is 96.9 cm³/mol. The molecule has 0 heterocycles. The summed E-state index contributed by atoms with van der Waals surface area (Å²) < 4.78 is 0.719. The van der Waals surface area contributed by atoms with Crippen molar-refractivity contribution in [2.24, 2.45) is 0 Å². The van der Waals surface area contributed by atoms with E-state index in [1.165, 1.54) is 11.8 Å². The lowest BCUT2D eigenvalue weighted by Gasteiger charge is -2.09. The summed E-state index contributed by atoms with van der Waals surface area (Å²) in [5, 5.41) is 0.937. The van der Waals surface area contributed by atoms with Gasteiger partial charge in [0.25, 0.3) is 5.91 Å². The lowest BCUT2D eigenvalue weighted by atomic mass is 10.2. The lowest BCUT2D eigenvalue weighted by Crippen LogP contribution is -2.42. The molecule has 0 atom stereocenters. The molecule has 4 nitrogen and oxygen atoms in total. The molecule has 0 saturated carbocycles. The smallest absolute Gasteiger partial charge is 0.271 e. The van der Waals surface area contributed by atoms with Crippen molar-refractivity contribution < 1.29 is 9.59 Å². The molecule has 0 radical (unpaired) electrons. The number of halogens is 3. The van der Waals surface area contributed by atoms with Gasteiger partial charge in [0.05, 0.1) is 16.3 Å². The first-order chi connectivity index (χ1) is 11.0. The molecule has 0 fully saturated rings. The molecule has 0 aliphatic carbocycles. The summed E-state index contributed by atoms with van der Waals surface area (Å²) in [5.74, 6) is -0.653. The molecule has 0 spiro atoms. The summed E-state index contributed by atoms with van der Waals surface area (Å²) in [6.07, 6.45) is 0. The summed E-state index contributed by atoms with van der Waals surface area (Å²) in [4.78, 5) is 24.6. The zero-order valence-electron chi connectivity index (χ0n) is 11.6. The van der Waals surface area contributed by atoms with E-state index in [0.29, 0.717) is 10.0 Å². The third-order valence-corrected chi connectivity index (χ3v) is 4.76. The van der Waals surface area contributed by atoms with Gasteiger partial charge in [-0.3, -0.25) is 20.4 Å². The van der Waals surface area contributed by atoms with Gasteiger partial charge in [0, 0.05) is 14.4 Å². The number of hydrogen-bond donors (Lipinski definition) is 2. The minimum absolute atomic E-state index is 0.161. The van der Waals surface area contributed by atoms with Crippen LogP contribution in [0.3, 0.4) is 0 Å². The van der Waals surface area contributed by atoms with Crippen molar-refractivity contribution in [2.45, 2.75) is 4.90 Å². The van der Waals surface area contributed by atoms with Crippen molar-refractivity contribution in [1.29, 1.82) is 0 Å². The summed E-state index contributed by atoms with van der Waals surface area (Å²) >= 11 is 16.3. The first kappa shape index (κ1) is 18.1. The van der Waals surface area contributed by atoms with Gasteiger partial charge in [0.1, 0.15) is 0 Å². The maximum Gasteiger partial charge on any atom is 0.271 e. The van der Waals surface area contributed by atoms with Crippen molar-refractivity contribution >= 4 is 62.7 Å². The van der Waals surface area contributed by atoms with E-state index in [2.05, 4.69) is 26.8 Å². The van der Waals surface area contributed by atoms with Gasteiger partial charge in [-0.05, 0) is 42.5 Å². The fourth-order valence-corrected chi connectivity index (χ4v) is 2.97. The molecule has 23 heavy (non-hydrogen) atoms. The second-order valence-electron chi connectivity index (χ2n) is 4.37. The zero-order chi connectivity index (χ0) is 16.8. The van der Waals surface area contributed by atoms with E-state index in [0.717, 1.165) is 9.37 Å². The van der Waals surface area contributed by atoms with E-state index in [1.807, 2.05) is 12.1 Å². The Labute approximate surface area is 156 Å². The Hall–Kier alpha value is -1.21. The predicted octanol–water partition coefficient (Wildman–Crippen LogP) is 4.31. The van der Waals surface area contributed by atoms with Crippen LogP contribution >= 0.6 is 50.9 Å². The average Bonchev–Trinajstić information content (AvgIpc) is 2.54. The Morgan fingerprint density at radius 1 is 1.04 bits per heavy atom. The highest BCUT2D eigenvalue weighted by molar-refractivity contribution is 9.10. The van der Waals surface area contributed by atoms with Gasteiger partial charge < -0.3 is 0 Å². The number of thioether (sulfide) groups is 1. The van der Waals surface area contributed by atoms with Gasteiger partial charge in [-0.2, -0.15) is 0 Å². The molecule has 2 rings (SSSR count). The van der Waals surface area contributed by atoms with E-state index in [4.69, 9.17) is 23.2 Å². The zero-order valence-corrected chi connectivity index (χ0v) is 15.5. The molecule has 0 aromatic heterocycles. The molecule has 0 aliphatic rings. The maximum atomic E-state index is 12.0. The van der Waals surface area contributed by atoms with Crippen LogP contribution in [-0.2, 0) is 4.79 Å². The van der Waals surface area contributed by atoms with Crippen molar-refractivity contribution in [1.82, 2.24) is 10.9 Å². The number of rotatable bonds is 4. The Kier molecular flexibility index (Phi) is 6.77. The Balaban J connectivity index is 1.83. The van der Waals surface area contributed by atoms with E-state index >= 15 is 0 Å². The molecule has 2 aromatic rings. The number of carbonyl (C=O) groups is 2. The standard InChI is InChI=1S/C15H11BrCl2N2O2S/c16-9-1-6-13(18)12(7-9)15(22)20-19-14(21)8-23-11-4-2-10(17)3-5-11/h1-7H,8H2,(H,19,21)(H,20,22). The Morgan fingerprint density at radius 2 is 1.74 bits per heavy atom. The molecule has 120 valence electrons. The number of amides is 2. The van der Waals surface area contributed by atoms with Crippen molar-refractivity contribution in [3.05, 3.63) is 62.5 Å². The van der Waals surface area contributed by atoms with E-state index in [9.17, 15) is 9.59 Å². The molecule has 2 aromatic carbocycles. The van der Waals surface area contributed by atoms with Crippen LogP contribution in [0.4, 0.5) is 0 Å². The largest absolute Gasteiger partial charge is 0.272 e. The van der Waals surface area contributed by atoms with Gasteiger partial charge in [-0.25, -0.2) is 0 Å². The summed E-state index contributed by atoms with van der Waals surface area (Å²) in [6, 6.07) is 12.0. The van der Waals surface area contributed by atoms with Gasteiger partial charge in [0.15, 0.2) is 0 Å². The van der Waals surface area contributed by atoms with Gasteiger partial charge in [-0.1, -0.05) is 39.1 Å². The van der Waals surface area contributed by atoms with Crippen LogP contribution in [0.1, 0.15) is 10.4 Å². The number of hydrazine groups is 1. The van der Waals surface area contributed by atoms with E-state index < -0.39 is 5.91 Å². The van der Waals surface area contributed by atoms with E-state index in [-0.39, 0.29) is 17.2 Å². The molecule has 2 N–H and O–H groups in total. The van der Waals surface area contributed by atoms with Crippen LogP contribution in [-0.4, -0.2) is 17.6 Å². The molecular weight excluding hydrogens is 423 g/mol. The topological polar surface area (TPSA) is 58.2 Å². The van der Waals surface area contributed by atoms with Crippen LogP contribution in [0.5, 0.6) is 0 Å². The summed E-state index contributed by atoms with van der Waals surface area (Å²) in [7, 11) is 0. The van der Waals surface area contributed by atoms with Crippen molar-refractivity contribution in [3.8, 4) is 0 Å². The Morgan fingerprint density at radius 3 is 2.43 bits per heavy atom. The highest BCUT2D eigenvalue weighted by atomic mass is 79.9. The summed E-state index contributed by atoms with van der Waals surface area (Å²) in [6.45, 7) is 0. The molecule has 0 bridgehead atoms. The molecule has 2 amide bonds. The molecule has 0 saturated heterocycles. The number of hydrogen-bond acceptors (Lipinski definition) is 3. The molecule has 8 heteroatoms. The molecular formula is C15H11BrCl2N2O2S. The second-order valence-corrected chi connectivity index (χ2v) is 7.18. The van der Waals surface area contributed by atoms with Crippen LogP contribution in [0.25, 0.3) is 0 Å². The second kappa shape index (κ2) is 8.59. The number of nitrogens with one attached hydrogen (secondary N) is 2. The third-order valence-electron chi connectivity index (χ3n) is 2.67. The van der Waals surface area contributed by atoms with Crippen LogP contribution in [0.15, 0.2) is 51.8 Å². The van der Waals surface area contributed by atoms with Crippen LogP contribution in [0, 0.1) is 0 Å². The monoisotopic (exact) mass is 432 g/mol. The quantitative estimate of drug-likeness (QED) is 0.557. The normalized spacial score (nSPS) is 10.2. The minimum Gasteiger partial charge on any atom is -0.272 e. The Bertz CT molecular complexity index is 726. The van der Waals surface area contributed by atoms with Crippen molar-refractivity contribution in [3.63, 3.8) is 0 Å². The fraction of sp³-hybridized carbons (Fsp3) is 0.0667.